The minimum Gasteiger partial charge on any atom is -0.467 e. The van der Waals surface area contributed by atoms with Gasteiger partial charge in [-0.15, -0.1) is 0 Å². The summed E-state index contributed by atoms with van der Waals surface area (Å²) in [6.07, 6.45) is 1.58. The summed E-state index contributed by atoms with van der Waals surface area (Å²) in [5.74, 6) is 0.716. The van der Waals surface area contributed by atoms with Crippen molar-refractivity contribution in [1.29, 1.82) is 0 Å². The molecule has 0 amide bonds. The third-order valence-electron chi connectivity index (χ3n) is 2.64. The second-order valence-electron chi connectivity index (χ2n) is 3.73. The molecule has 86 valence electrons. The van der Waals surface area contributed by atoms with Crippen LogP contribution >= 0.6 is 11.6 Å². The summed E-state index contributed by atoms with van der Waals surface area (Å²) >= 11 is 6.11. The molecule has 0 atom stereocenters. The molecule has 1 N–H and O–H groups in total. The van der Waals surface area contributed by atoms with Crippen LogP contribution < -0.4 is 5.69 Å². The lowest BCUT2D eigenvalue weighted by atomic mass is 10.3. The molecule has 2 aromatic heterocycles. The summed E-state index contributed by atoms with van der Waals surface area (Å²) < 4.78 is 6.80. The molecule has 0 fully saturated rings. The topological polar surface area (TPSA) is 50.9 Å². The number of H-pyrrole nitrogens is 1. The Morgan fingerprint density at radius 3 is 2.94 bits per heavy atom. The number of imidazole rings is 1. The van der Waals surface area contributed by atoms with Crippen LogP contribution in [0.3, 0.4) is 0 Å². The van der Waals surface area contributed by atoms with E-state index in [0.717, 1.165) is 5.52 Å². The second-order valence-corrected chi connectivity index (χ2v) is 4.14. The molecule has 0 aliphatic heterocycles. The van der Waals surface area contributed by atoms with E-state index >= 15 is 0 Å². The molecule has 1 aromatic carbocycles. The molecule has 3 aromatic rings. The fourth-order valence-corrected chi connectivity index (χ4v) is 2.16. The molecule has 5 heteroatoms. The maximum absolute atomic E-state index is 11.8. The van der Waals surface area contributed by atoms with Crippen LogP contribution in [0, 0.1) is 0 Å². The van der Waals surface area contributed by atoms with Gasteiger partial charge in [0.05, 0.1) is 28.9 Å². The van der Waals surface area contributed by atoms with Gasteiger partial charge in [-0.05, 0) is 24.3 Å². The average Bonchev–Trinajstić information content (AvgIpc) is 2.89. The molecule has 4 nitrogen and oxygen atoms in total. The van der Waals surface area contributed by atoms with Crippen molar-refractivity contribution < 1.29 is 4.42 Å². The molecule has 0 aliphatic carbocycles. The van der Waals surface area contributed by atoms with Gasteiger partial charge in [-0.1, -0.05) is 17.7 Å². The number of rotatable bonds is 2. The predicted molar refractivity (Wildman–Crippen MR) is 65.4 cm³/mol. The van der Waals surface area contributed by atoms with Crippen molar-refractivity contribution in [2.45, 2.75) is 6.54 Å². The highest BCUT2D eigenvalue weighted by Crippen LogP contribution is 2.21. The molecule has 0 spiro atoms. The Kier molecular flexibility index (Phi) is 2.30. The Labute approximate surface area is 101 Å². The first-order valence-electron chi connectivity index (χ1n) is 5.15. The molecular weight excluding hydrogens is 240 g/mol. The summed E-state index contributed by atoms with van der Waals surface area (Å²) in [6.45, 7) is 0.371. The quantitative estimate of drug-likeness (QED) is 0.758. The summed E-state index contributed by atoms with van der Waals surface area (Å²) in [7, 11) is 0. The molecule has 2 heterocycles. The number of hydrogen-bond donors (Lipinski definition) is 1. The molecule has 0 aliphatic rings. The number of fused-ring (bicyclic) bond motifs is 1. The Morgan fingerprint density at radius 2 is 2.18 bits per heavy atom. The summed E-state index contributed by atoms with van der Waals surface area (Å²) in [4.78, 5) is 14.6. The Hall–Kier alpha value is -1.94. The standard InChI is InChI=1S/C12H9ClN2O2/c13-9-4-1-5-10-11(9)15(12(16)14-10)7-8-3-2-6-17-8/h1-6H,7H2,(H,14,16). The van der Waals surface area contributed by atoms with Gasteiger partial charge in [0.15, 0.2) is 0 Å². The summed E-state index contributed by atoms with van der Waals surface area (Å²) in [5.41, 5.74) is 1.24. The monoisotopic (exact) mass is 248 g/mol. The van der Waals surface area contributed by atoms with Crippen LogP contribution in [0.4, 0.5) is 0 Å². The molecule has 17 heavy (non-hydrogen) atoms. The summed E-state index contributed by atoms with van der Waals surface area (Å²) in [6, 6.07) is 8.99. The number of para-hydroxylation sites is 1. The number of nitrogens with one attached hydrogen (secondary N) is 1. The minimum atomic E-state index is -0.190. The van der Waals surface area contributed by atoms with Crippen molar-refractivity contribution in [2.24, 2.45) is 0 Å². The van der Waals surface area contributed by atoms with Crippen molar-refractivity contribution in [2.75, 3.05) is 0 Å². The number of nitrogens with zero attached hydrogens (tertiary/aromatic N) is 1. The largest absolute Gasteiger partial charge is 0.467 e. The van der Waals surface area contributed by atoms with E-state index in [1.54, 1.807) is 29.0 Å². The number of furan rings is 1. The fourth-order valence-electron chi connectivity index (χ4n) is 1.88. The van der Waals surface area contributed by atoms with Gasteiger partial charge in [-0.3, -0.25) is 4.57 Å². The molecule has 3 rings (SSSR count). The molecule has 0 unspecified atom stereocenters. The number of aromatic nitrogens is 2. The zero-order valence-electron chi connectivity index (χ0n) is 8.81. The van der Waals surface area contributed by atoms with E-state index in [4.69, 9.17) is 16.0 Å². The zero-order valence-corrected chi connectivity index (χ0v) is 9.57. The van der Waals surface area contributed by atoms with E-state index in [0.29, 0.717) is 22.8 Å². The van der Waals surface area contributed by atoms with Gasteiger partial charge in [0, 0.05) is 0 Å². The summed E-state index contributed by atoms with van der Waals surface area (Å²) in [5, 5.41) is 0.549. The third kappa shape index (κ3) is 1.66. The van der Waals surface area contributed by atoms with Crippen LogP contribution in [0.25, 0.3) is 11.0 Å². The van der Waals surface area contributed by atoms with Gasteiger partial charge in [-0.25, -0.2) is 4.79 Å². The van der Waals surface area contributed by atoms with Gasteiger partial charge in [0.25, 0.3) is 0 Å². The Morgan fingerprint density at radius 1 is 1.29 bits per heavy atom. The highest BCUT2D eigenvalue weighted by atomic mass is 35.5. The van der Waals surface area contributed by atoms with Crippen molar-refractivity contribution in [1.82, 2.24) is 9.55 Å². The SMILES string of the molecule is O=c1[nH]c2cccc(Cl)c2n1Cc1ccco1. The first-order chi connectivity index (χ1) is 8.25. The average molecular weight is 249 g/mol. The lowest BCUT2D eigenvalue weighted by Gasteiger charge is -2.01. The molecule has 0 bridgehead atoms. The number of aromatic amines is 1. The maximum atomic E-state index is 11.8. The van der Waals surface area contributed by atoms with E-state index in [1.807, 2.05) is 12.1 Å². The van der Waals surface area contributed by atoms with Crippen LogP contribution in [-0.2, 0) is 6.54 Å². The van der Waals surface area contributed by atoms with Crippen molar-refractivity contribution in [3.63, 3.8) is 0 Å². The molecular formula is C12H9ClN2O2. The number of hydrogen-bond acceptors (Lipinski definition) is 2. The van der Waals surface area contributed by atoms with Gasteiger partial charge >= 0.3 is 5.69 Å². The van der Waals surface area contributed by atoms with Crippen molar-refractivity contribution in [3.05, 3.63) is 57.9 Å². The smallest absolute Gasteiger partial charge is 0.326 e. The van der Waals surface area contributed by atoms with E-state index < -0.39 is 0 Å². The fraction of sp³-hybridized carbons (Fsp3) is 0.0833. The maximum Gasteiger partial charge on any atom is 0.326 e. The third-order valence-corrected chi connectivity index (χ3v) is 2.94. The number of benzene rings is 1. The van der Waals surface area contributed by atoms with E-state index in [9.17, 15) is 4.79 Å². The zero-order chi connectivity index (χ0) is 11.8. The Balaban J connectivity index is 2.21. The van der Waals surface area contributed by atoms with Crippen LogP contribution in [-0.4, -0.2) is 9.55 Å². The van der Waals surface area contributed by atoms with Crippen LogP contribution in [0.2, 0.25) is 5.02 Å². The molecule has 0 saturated heterocycles. The van der Waals surface area contributed by atoms with Gasteiger partial charge in [-0.2, -0.15) is 0 Å². The van der Waals surface area contributed by atoms with Crippen molar-refractivity contribution in [3.8, 4) is 0 Å². The lowest BCUT2D eigenvalue weighted by molar-refractivity contribution is 0.493. The second kappa shape index (κ2) is 3.82. The molecule has 0 radical (unpaired) electrons. The van der Waals surface area contributed by atoms with Gasteiger partial charge in [0.1, 0.15) is 5.76 Å². The highest BCUT2D eigenvalue weighted by Gasteiger charge is 2.10. The van der Waals surface area contributed by atoms with Crippen LogP contribution in [0.15, 0.2) is 45.8 Å². The van der Waals surface area contributed by atoms with Gasteiger partial charge < -0.3 is 9.40 Å². The van der Waals surface area contributed by atoms with Crippen LogP contribution in [0.1, 0.15) is 5.76 Å². The van der Waals surface area contributed by atoms with Crippen LogP contribution in [0.5, 0.6) is 0 Å². The van der Waals surface area contributed by atoms with Crippen molar-refractivity contribution >= 4 is 22.6 Å². The van der Waals surface area contributed by atoms with E-state index in [2.05, 4.69) is 4.98 Å². The number of halogens is 1. The first kappa shape index (κ1) is 10.2. The molecule has 0 saturated carbocycles. The predicted octanol–water partition coefficient (Wildman–Crippen LogP) is 2.62. The van der Waals surface area contributed by atoms with E-state index in [1.165, 1.54) is 0 Å². The Bertz CT molecular complexity index is 710. The lowest BCUT2D eigenvalue weighted by Crippen LogP contribution is -2.17. The minimum absolute atomic E-state index is 0.190. The highest BCUT2D eigenvalue weighted by molar-refractivity contribution is 6.34. The van der Waals surface area contributed by atoms with E-state index in [-0.39, 0.29) is 5.69 Å². The van der Waals surface area contributed by atoms with Gasteiger partial charge in [0.2, 0.25) is 0 Å². The first-order valence-corrected chi connectivity index (χ1v) is 5.53. The normalized spacial score (nSPS) is 11.1.